The number of benzene rings is 2. The summed E-state index contributed by atoms with van der Waals surface area (Å²) in [6.45, 7) is 5.96. The summed E-state index contributed by atoms with van der Waals surface area (Å²) in [7, 11) is 0. The number of rotatable bonds is 5. The van der Waals surface area contributed by atoms with Crippen molar-refractivity contribution in [2.75, 3.05) is 5.32 Å². The maximum Gasteiger partial charge on any atom is 0.226 e. The first-order valence-corrected chi connectivity index (χ1v) is 10.1. The predicted octanol–water partition coefficient (Wildman–Crippen LogP) is 4.81. The topological polar surface area (TPSA) is 69.0 Å². The Morgan fingerprint density at radius 3 is 2.79 bits per heavy atom. The van der Waals surface area contributed by atoms with Gasteiger partial charge in [0, 0.05) is 21.3 Å². The molecule has 0 amide bonds. The molecule has 0 fully saturated rings. The number of carbonyl (C=O) groups is 1. The molecule has 3 aromatic rings. The van der Waals surface area contributed by atoms with Crippen LogP contribution in [0.5, 0.6) is 5.75 Å². The lowest BCUT2D eigenvalue weighted by molar-refractivity contribution is -0.114. The number of nitrogens with zero attached hydrogens (tertiary/aromatic N) is 3. The second-order valence-electron chi connectivity index (χ2n) is 7.05. The van der Waals surface area contributed by atoms with Crippen LogP contribution in [0, 0.1) is 6.92 Å². The van der Waals surface area contributed by atoms with Crippen LogP contribution in [0.2, 0.25) is 0 Å². The number of aromatic nitrogens is 3. The average molecular weight is 453 g/mol. The van der Waals surface area contributed by atoms with E-state index in [0.29, 0.717) is 23.9 Å². The zero-order valence-electron chi connectivity index (χ0n) is 16.4. The maximum absolute atomic E-state index is 12.5. The molecule has 1 aromatic heterocycles. The number of halogens is 1. The number of hydrogen-bond donors (Lipinski definition) is 1. The van der Waals surface area contributed by atoms with Crippen molar-refractivity contribution in [2.45, 2.75) is 33.4 Å². The van der Waals surface area contributed by atoms with Gasteiger partial charge in [-0.15, -0.1) is 0 Å². The molecule has 29 heavy (non-hydrogen) atoms. The molecule has 4 rings (SSSR count). The van der Waals surface area contributed by atoms with Crippen LogP contribution >= 0.6 is 15.9 Å². The van der Waals surface area contributed by atoms with Gasteiger partial charge in [0.05, 0.1) is 0 Å². The van der Waals surface area contributed by atoms with Gasteiger partial charge in [-0.25, -0.2) is 4.68 Å². The fourth-order valence-electron chi connectivity index (χ4n) is 3.63. The fourth-order valence-corrected chi connectivity index (χ4v) is 4.01. The van der Waals surface area contributed by atoms with Crippen LogP contribution in [0.3, 0.4) is 0 Å². The van der Waals surface area contributed by atoms with Crippen molar-refractivity contribution < 1.29 is 9.53 Å². The Hall–Kier alpha value is -2.93. The van der Waals surface area contributed by atoms with Crippen LogP contribution in [0.4, 0.5) is 5.95 Å². The molecule has 1 unspecified atom stereocenters. The predicted molar refractivity (Wildman–Crippen MR) is 115 cm³/mol. The first-order valence-electron chi connectivity index (χ1n) is 9.30. The molecule has 0 saturated heterocycles. The van der Waals surface area contributed by atoms with Gasteiger partial charge in [-0.1, -0.05) is 40.2 Å². The largest absolute Gasteiger partial charge is 0.489 e. The van der Waals surface area contributed by atoms with Gasteiger partial charge in [0.2, 0.25) is 5.95 Å². The minimum absolute atomic E-state index is 0.0222. The third kappa shape index (κ3) is 3.70. The third-order valence-electron chi connectivity index (χ3n) is 5.08. The Labute approximate surface area is 177 Å². The standard InChI is InChI=1S/C22H21BrN4O2/c1-13-6-4-5-7-16(13)11-29-19-9-8-17(23)10-18(19)21-20(15(3)28)14(2)26-22-24-12-25-27(21)22/h4-10,12,21H,11H2,1-3H3,(H,24,25,26). The summed E-state index contributed by atoms with van der Waals surface area (Å²) in [4.78, 5) is 16.8. The minimum atomic E-state index is -0.421. The van der Waals surface area contributed by atoms with Gasteiger partial charge in [-0.2, -0.15) is 10.1 Å². The number of ether oxygens (including phenoxy) is 1. The zero-order chi connectivity index (χ0) is 20.5. The molecule has 0 radical (unpaired) electrons. The molecule has 2 aromatic carbocycles. The molecule has 1 aliphatic heterocycles. The van der Waals surface area contributed by atoms with Crippen LogP contribution in [-0.2, 0) is 11.4 Å². The number of Topliss-reactive ketones (excluding diaryl/α,β-unsaturated/α-hetero) is 1. The number of aryl methyl sites for hydroxylation is 1. The van der Waals surface area contributed by atoms with Crippen molar-refractivity contribution in [3.05, 3.63) is 81.2 Å². The van der Waals surface area contributed by atoms with E-state index >= 15 is 0 Å². The molecule has 1 aliphatic rings. The minimum Gasteiger partial charge on any atom is -0.489 e. The summed E-state index contributed by atoms with van der Waals surface area (Å²) in [5.74, 6) is 1.28. The molecule has 2 heterocycles. The van der Waals surface area contributed by atoms with Crippen molar-refractivity contribution >= 4 is 27.7 Å². The number of allylic oxidation sites excluding steroid dienone is 2. The van der Waals surface area contributed by atoms with E-state index in [1.165, 1.54) is 11.9 Å². The summed E-state index contributed by atoms with van der Waals surface area (Å²) in [6.07, 6.45) is 1.48. The molecule has 6 nitrogen and oxygen atoms in total. The van der Waals surface area contributed by atoms with E-state index in [9.17, 15) is 4.79 Å². The Morgan fingerprint density at radius 2 is 2.03 bits per heavy atom. The van der Waals surface area contributed by atoms with E-state index < -0.39 is 6.04 Å². The average Bonchev–Trinajstić information content (AvgIpc) is 3.14. The number of anilines is 1. The van der Waals surface area contributed by atoms with E-state index in [1.54, 1.807) is 11.6 Å². The Morgan fingerprint density at radius 1 is 1.24 bits per heavy atom. The highest BCUT2D eigenvalue weighted by molar-refractivity contribution is 9.10. The summed E-state index contributed by atoms with van der Waals surface area (Å²) in [5, 5.41) is 7.54. The summed E-state index contributed by atoms with van der Waals surface area (Å²) in [5.41, 5.74) is 4.55. The Balaban J connectivity index is 1.79. The number of fused-ring (bicyclic) bond motifs is 1. The number of carbonyl (C=O) groups excluding carboxylic acids is 1. The first kappa shape index (κ1) is 19.4. The van der Waals surface area contributed by atoms with Gasteiger partial charge in [0.1, 0.15) is 24.7 Å². The lowest BCUT2D eigenvalue weighted by Crippen LogP contribution is -2.28. The highest BCUT2D eigenvalue weighted by Crippen LogP contribution is 2.40. The van der Waals surface area contributed by atoms with Crippen LogP contribution in [0.15, 0.2) is 64.5 Å². The Bertz CT molecular complexity index is 1120. The Kier molecular flexibility index (Phi) is 5.24. The van der Waals surface area contributed by atoms with Gasteiger partial charge >= 0.3 is 0 Å². The molecular weight excluding hydrogens is 432 g/mol. The third-order valence-corrected chi connectivity index (χ3v) is 5.58. The number of nitrogens with one attached hydrogen (secondary N) is 1. The second kappa shape index (κ2) is 7.83. The molecule has 0 saturated carbocycles. The molecule has 7 heteroatoms. The molecule has 148 valence electrons. The van der Waals surface area contributed by atoms with Crippen molar-refractivity contribution in [3.8, 4) is 5.75 Å². The van der Waals surface area contributed by atoms with Gasteiger partial charge < -0.3 is 10.1 Å². The smallest absolute Gasteiger partial charge is 0.226 e. The van der Waals surface area contributed by atoms with Crippen LogP contribution in [0.25, 0.3) is 0 Å². The highest BCUT2D eigenvalue weighted by atomic mass is 79.9. The van der Waals surface area contributed by atoms with Crippen LogP contribution in [-0.4, -0.2) is 20.5 Å². The van der Waals surface area contributed by atoms with Crippen molar-refractivity contribution in [1.82, 2.24) is 14.8 Å². The quantitative estimate of drug-likeness (QED) is 0.601. The molecular formula is C22H21BrN4O2. The van der Waals surface area contributed by atoms with Crippen molar-refractivity contribution in [1.29, 1.82) is 0 Å². The zero-order valence-corrected chi connectivity index (χ0v) is 18.0. The van der Waals surface area contributed by atoms with E-state index in [2.05, 4.69) is 50.4 Å². The van der Waals surface area contributed by atoms with Gasteiger partial charge in [0.15, 0.2) is 5.78 Å². The van der Waals surface area contributed by atoms with Gasteiger partial charge in [0.25, 0.3) is 0 Å². The molecule has 0 spiro atoms. The first-order chi connectivity index (χ1) is 14.0. The summed E-state index contributed by atoms with van der Waals surface area (Å²) < 4.78 is 8.86. The van der Waals surface area contributed by atoms with E-state index in [1.807, 2.05) is 37.3 Å². The number of ketones is 1. The van der Waals surface area contributed by atoms with Crippen LogP contribution in [0.1, 0.15) is 36.6 Å². The van der Waals surface area contributed by atoms with E-state index in [0.717, 1.165) is 21.3 Å². The van der Waals surface area contributed by atoms with E-state index in [4.69, 9.17) is 4.74 Å². The normalized spacial score (nSPS) is 15.7. The second-order valence-corrected chi connectivity index (χ2v) is 7.96. The molecule has 0 aliphatic carbocycles. The SMILES string of the molecule is CC(=O)C1=C(C)Nc2ncnn2C1c1cc(Br)ccc1OCc1ccccc1C. The highest BCUT2D eigenvalue weighted by Gasteiger charge is 2.33. The molecule has 1 atom stereocenters. The summed E-state index contributed by atoms with van der Waals surface area (Å²) in [6, 6.07) is 13.5. The lowest BCUT2D eigenvalue weighted by Gasteiger charge is -2.29. The lowest BCUT2D eigenvalue weighted by atomic mass is 9.92. The fraction of sp³-hybridized carbons (Fsp3) is 0.227. The molecule has 1 N–H and O–H groups in total. The van der Waals surface area contributed by atoms with Crippen molar-refractivity contribution in [2.24, 2.45) is 0 Å². The number of hydrogen-bond acceptors (Lipinski definition) is 5. The molecule has 0 bridgehead atoms. The van der Waals surface area contributed by atoms with Gasteiger partial charge in [-0.3, -0.25) is 4.79 Å². The maximum atomic E-state index is 12.5. The van der Waals surface area contributed by atoms with Crippen LogP contribution < -0.4 is 10.1 Å². The van der Waals surface area contributed by atoms with Gasteiger partial charge in [-0.05, 0) is 50.1 Å². The summed E-state index contributed by atoms with van der Waals surface area (Å²) >= 11 is 3.56. The van der Waals surface area contributed by atoms with Crippen molar-refractivity contribution in [3.63, 3.8) is 0 Å². The van der Waals surface area contributed by atoms with E-state index in [-0.39, 0.29) is 5.78 Å². The monoisotopic (exact) mass is 452 g/mol.